The van der Waals surface area contributed by atoms with Crippen molar-refractivity contribution in [2.24, 2.45) is 85.8 Å². The standard InChI is InChI=1S/C28H37N2O2P.C26H33N2O4P.C26H32N2O/c1-27-15-13-20(32-33(3,4)31)17-19(27)9-10-21-22-11-12-26(28(22,2)16-14-23(21)27)30-18-29-24-7-5-6-8-25(24)30;1-25-13-11-18(32-33(29,30)31)15-17(25)7-8-19-20-9-10-24(26(20,2)14-12-21(19)25)28-16-27-22-5-3-4-6-23(22)28;1-25-13-11-18(29)15-17(25)7-8-19-20-9-10-24(26(20,2)14-12-21(19)25)28-16-27-22-5-3-4-6-23(22)28/h5-9,12,18,20-23H,10-11,13-17H2,1-4H3;3-7,10,16,18-21H,8-9,11-15H2,1-2H3,(H2,29,30,31);3-7,10,16,18-21,29H,8-9,11-15H2,1-2H3/t20-,21?,22?,23?,27-,28-;2*18-,19?,20?,21?,25-,26-/m000/s1. The number of para-hydroxylation sites is 6. The van der Waals surface area contributed by atoms with Crippen LogP contribution in [0.4, 0.5) is 0 Å². The fourth-order valence-electron chi connectivity index (χ4n) is 23.8. The van der Waals surface area contributed by atoms with Crippen molar-refractivity contribution in [3.63, 3.8) is 0 Å². The summed E-state index contributed by atoms with van der Waals surface area (Å²) in [7, 11) is -6.89. The number of phosphoric ester groups is 1. The molecule has 0 aliphatic heterocycles. The average Bonchev–Trinajstić information content (AvgIpc) is 1.70. The molecule has 3 aromatic heterocycles. The smallest absolute Gasteiger partial charge is 0.393 e. The van der Waals surface area contributed by atoms with Crippen LogP contribution in [0.1, 0.15) is 176 Å². The summed E-state index contributed by atoms with van der Waals surface area (Å²) in [6.45, 7) is 18.5. The van der Waals surface area contributed by atoms with E-state index in [0.717, 1.165) is 97.5 Å². The second kappa shape index (κ2) is 23.4. The Labute approximate surface area is 562 Å². The molecule has 0 spiro atoms. The van der Waals surface area contributed by atoms with Gasteiger partial charge >= 0.3 is 7.82 Å². The van der Waals surface area contributed by atoms with Crippen LogP contribution in [0.25, 0.3) is 50.2 Å². The molecule has 9 unspecified atom stereocenters. The number of fused-ring (bicyclic) bond motifs is 18. The van der Waals surface area contributed by atoms with Crippen LogP contribution in [0, 0.1) is 85.8 Å². The normalized spacial score (nSPS) is 39.2. The Morgan fingerprint density at radius 2 is 0.737 bits per heavy atom. The zero-order valence-corrected chi connectivity index (χ0v) is 59.2. The molecular formula is C80H102N6O7P2. The zero-order valence-electron chi connectivity index (χ0n) is 57.5. The lowest BCUT2D eigenvalue weighted by atomic mass is 9.48. The summed E-state index contributed by atoms with van der Waals surface area (Å²) in [6, 6.07) is 25.4. The van der Waals surface area contributed by atoms with Gasteiger partial charge < -0.3 is 33.1 Å². The minimum Gasteiger partial charge on any atom is -0.393 e. The molecule has 0 bridgehead atoms. The molecular weight excluding hydrogens is 1220 g/mol. The van der Waals surface area contributed by atoms with Gasteiger partial charge in [0.25, 0.3) is 0 Å². The van der Waals surface area contributed by atoms with Crippen LogP contribution >= 0.6 is 15.2 Å². The predicted molar refractivity (Wildman–Crippen MR) is 381 cm³/mol. The van der Waals surface area contributed by atoms with E-state index in [0.29, 0.717) is 41.9 Å². The van der Waals surface area contributed by atoms with Gasteiger partial charge in [-0.2, -0.15) is 0 Å². The summed E-state index contributed by atoms with van der Waals surface area (Å²) in [5, 5.41) is 10.2. The Bertz CT molecular complexity index is 4120. The van der Waals surface area contributed by atoms with Crippen LogP contribution in [-0.4, -0.2) is 75.2 Å². The van der Waals surface area contributed by atoms with E-state index in [4.69, 9.17) is 14.0 Å². The summed E-state index contributed by atoms with van der Waals surface area (Å²) < 4.78 is 41.8. The van der Waals surface area contributed by atoms with Gasteiger partial charge in [-0.3, -0.25) is 9.09 Å². The molecule has 504 valence electrons. The number of phosphoric acid groups is 1. The third kappa shape index (κ3) is 10.6. The summed E-state index contributed by atoms with van der Waals surface area (Å²) in [6.07, 6.45) is 43.7. The molecule has 6 aromatic rings. The van der Waals surface area contributed by atoms with Crippen LogP contribution in [0.3, 0.4) is 0 Å². The largest absolute Gasteiger partial charge is 0.469 e. The molecule has 18 atom stereocenters. The molecule has 3 aromatic carbocycles. The Hall–Kier alpha value is -5.23. The predicted octanol–water partition coefficient (Wildman–Crippen LogP) is 19.1. The van der Waals surface area contributed by atoms with Gasteiger partial charge in [-0.05, 0) is 241 Å². The first-order valence-corrected chi connectivity index (χ1v) is 40.6. The fourth-order valence-corrected chi connectivity index (χ4v) is 25.3. The van der Waals surface area contributed by atoms with E-state index in [1.54, 1.807) is 24.5 Å². The third-order valence-electron chi connectivity index (χ3n) is 28.6. The molecule has 18 rings (SSSR count). The van der Waals surface area contributed by atoms with Crippen LogP contribution in [0.15, 0.2) is 145 Å². The maximum atomic E-state index is 12.3. The first-order valence-electron chi connectivity index (χ1n) is 36.5. The molecule has 6 saturated carbocycles. The molecule has 13 nitrogen and oxygen atoms in total. The molecule has 0 saturated heterocycles. The maximum absolute atomic E-state index is 12.3. The van der Waals surface area contributed by atoms with E-state index in [-0.39, 0.29) is 45.4 Å². The van der Waals surface area contributed by atoms with Crippen LogP contribution in [-0.2, 0) is 18.2 Å². The number of aliphatic hydroxyl groups is 1. The first kappa shape index (κ1) is 64.4. The minimum atomic E-state index is -4.45. The highest BCUT2D eigenvalue weighted by Gasteiger charge is 2.61. The van der Waals surface area contributed by atoms with Crippen LogP contribution in [0.2, 0.25) is 0 Å². The van der Waals surface area contributed by atoms with E-state index in [1.165, 1.54) is 110 Å². The fraction of sp³-hybridized carbons (Fsp3) is 0.588. The zero-order chi connectivity index (χ0) is 65.8. The van der Waals surface area contributed by atoms with Crippen molar-refractivity contribution >= 4 is 65.4 Å². The van der Waals surface area contributed by atoms with Gasteiger partial charge in [-0.25, -0.2) is 19.5 Å². The second-order valence-corrected chi connectivity index (χ2v) is 37.4. The SMILES string of the molecule is C[C@]12CC[C@H](O)CC1=CCC1C2CC[C@]2(C)C(n3cnc4ccccc43)=CCC12.C[C@]12CC[C@H](OP(=O)(O)O)CC1=CCC1C2CC[C@]2(C)C(n3cnc4ccccc43)=CCC12.C[C@]12CC[C@H](OP(C)(C)=O)CC1=CCC1C2CC[C@]2(C)C(n3cnc4ccccc43)=CCC12. The number of rotatable bonds is 7. The molecule has 6 fully saturated rings. The monoisotopic (exact) mass is 1320 g/mol. The maximum Gasteiger partial charge on any atom is 0.469 e. The van der Waals surface area contributed by atoms with Crippen molar-refractivity contribution in [3.8, 4) is 0 Å². The van der Waals surface area contributed by atoms with E-state index in [9.17, 15) is 24.0 Å². The minimum absolute atomic E-state index is 0.115. The van der Waals surface area contributed by atoms with E-state index in [2.05, 4.69) is 168 Å². The number of aromatic nitrogens is 6. The van der Waals surface area contributed by atoms with Gasteiger partial charge in [0, 0.05) is 46.7 Å². The number of aliphatic hydroxyl groups excluding tert-OH is 1. The van der Waals surface area contributed by atoms with E-state index in [1.807, 2.05) is 25.0 Å². The lowest BCUT2D eigenvalue weighted by molar-refractivity contribution is -0.0249. The molecule has 95 heavy (non-hydrogen) atoms. The second-order valence-electron chi connectivity index (χ2n) is 33.5. The highest BCUT2D eigenvalue weighted by molar-refractivity contribution is 7.57. The quantitative estimate of drug-likeness (QED) is 0.103. The molecule has 15 heteroatoms. The first-order chi connectivity index (χ1) is 45.4. The van der Waals surface area contributed by atoms with Crippen molar-refractivity contribution < 1.29 is 33.1 Å². The Balaban J connectivity index is 0.000000113. The average molecular weight is 1320 g/mol. The highest BCUT2D eigenvalue weighted by atomic mass is 31.2. The number of allylic oxidation sites excluding steroid dienone is 9. The van der Waals surface area contributed by atoms with Crippen LogP contribution < -0.4 is 0 Å². The summed E-state index contributed by atoms with van der Waals surface area (Å²) in [5.74, 6) is 6.33. The molecule has 12 aliphatic rings. The third-order valence-corrected chi connectivity index (χ3v) is 30.0. The lowest BCUT2D eigenvalue weighted by Gasteiger charge is -2.57. The summed E-state index contributed by atoms with van der Waals surface area (Å²) in [5.41, 5.74) is 17.1. The van der Waals surface area contributed by atoms with Gasteiger partial charge in [-0.1, -0.05) is 131 Å². The van der Waals surface area contributed by atoms with Gasteiger partial charge in [0.05, 0.1) is 51.4 Å². The molecule has 3 heterocycles. The van der Waals surface area contributed by atoms with Gasteiger partial charge in [0.2, 0.25) is 0 Å². The topological polar surface area (TPSA) is 167 Å². The van der Waals surface area contributed by atoms with Crippen LogP contribution in [0.5, 0.6) is 0 Å². The number of imidazole rings is 3. The van der Waals surface area contributed by atoms with Gasteiger partial charge in [-0.15, -0.1) is 0 Å². The van der Waals surface area contributed by atoms with Crippen molar-refractivity contribution in [3.05, 3.63) is 145 Å². The van der Waals surface area contributed by atoms with Crippen molar-refractivity contribution in [2.75, 3.05) is 13.3 Å². The van der Waals surface area contributed by atoms with Crippen molar-refractivity contribution in [1.82, 2.24) is 28.7 Å². The summed E-state index contributed by atoms with van der Waals surface area (Å²) >= 11 is 0. The van der Waals surface area contributed by atoms with Crippen molar-refractivity contribution in [1.29, 1.82) is 0 Å². The number of benzene rings is 3. The molecule has 3 N–H and O–H groups in total. The highest BCUT2D eigenvalue weighted by Crippen LogP contribution is 2.70. The molecule has 0 radical (unpaired) electrons. The molecule has 0 amide bonds. The van der Waals surface area contributed by atoms with Gasteiger partial charge in [0.15, 0.2) is 7.37 Å². The Morgan fingerprint density at radius 1 is 0.411 bits per heavy atom. The van der Waals surface area contributed by atoms with E-state index < -0.39 is 15.2 Å². The lowest BCUT2D eigenvalue weighted by Crippen LogP contribution is -2.50. The number of nitrogens with zero attached hydrogens (tertiary/aromatic N) is 6. The van der Waals surface area contributed by atoms with Gasteiger partial charge in [0.1, 0.15) is 19.0 Å². The summed E-state index contributed by atoms with van der Waals surface area (Å²) in [4.78, 5) is 32.6. The molecule has 12 aliphatic carbocycles. The van der Waals surface area contributed by atoms with Crippen molar-refractivity contribution in [2.45, 2.75) is 195 Å². The number of hydrogen-bond acceptors (Lipinski definition) is 8. The Kier molecular flexibility index (Phi) is 15.9. The Morgan fingerprint density at radius 3 is 1.09 bits per heavy atom. The number of hydrogen-bond donors (Lipinski definition) is 3. The van der Waals surface area contributed by atoms with E-state index >= 15 is 0 Å².